The fourth-order valence-corrected chi connectivity index (χ4v) is 1.53. The van der Waals surface area contributed by atoms with Crippen LogP contribution in [0.15, 0.2) is 18.2 Å². The van der Waals surface area contributed by atoms with Crippen molar-refractivity contribution in [3.8, 4) is 0 Å². The van der Waals surface area contributed by atoms with E-state index < -0.39 is 6.10 Å². The summed E-state index contributed by atoms with van der Waals surface area (Å²) in [6, 6.07) is 5.97. The van der Waals surface area contributed by atoms with Gasteiger partial charge in [0.15, 0.2) is 0 Å². The molecular formula is C14H22O3. The molecule has 3 heteroatoms. The molecule has 3 nitrogen and oxygen atoms in total. The molecule has 1 N–H and O–H groups in total. The first kappa shape index (κ1) is 14.2. The minimum absolute atomic E-state index is 0.315. The Bertz CT molecular complexity index is 336. The van der Waals surface area contributed by atoms with Crippen molar-refractivity contribution in [1.29, 1.82) is 0 Å². The second-order valence-electron chi connectivity index (χ2n) is 4.13. The van der Waals surface area contributed by atoms with Crippen molar-refractivity contribution < 1.29 is 14.6 Å². The Morgan fingerprint density at radius 1 is 1.12 bits per heavy atom. The van der Waals surface area contributed by atoms with Gasteiger partial charge in [0.2, 0.25) is 0 Å². The number of hydrogen-bond acceptors (Lipinski definition) is 3. The summed E-state index contributed by atoms with van der Waals surface area (Å²) in [5, 5.41) is 9.93. The van der Waals surface area contributed by atoms with Crippen molar-refractivity contribution >= 4 is 0 Å². The monoisotopic (exact) mass is 238 g/mol. The van der Waals surface area contributed by atoms with E-state index in [1.165, 1.54) is 11.1 Å². The van der Waals surface area contributed by atoms with Gasteiger partial charge in [-0.05, 0) is 37.5 Å². The fourth-order valence-electron chi connectivity index (χ4n) is 1.53. The normalized spacial score (nSPS) is 12.7. The number of aliphatic hydroxyl groups is 1. The zero-order valence-electron chi connectivity index (χ0n) is 10.9. The number of rotatable bonds is 7. The van der Waals surface area contributed by atoms with Gasteiger partial charge in [-0.1, -0.05) is 18.2 Å². The molecule has 0 saturated heterocycles. The van der Waals surface area contributed by atoms with Crippen LogP contribution in [0.4, 0.5) is 0 Å². The highest BCUT2D eigenvalue weighted by atomic mass is 16.5. The van der Waals surface area contributed by atoms with Gasteiger partial charge in [-0.15, -0.1) is 0 Å². The van der Waals surface area contributed by atoms with E-state index in [0.717, 1.165) is 5.56 Å². The summed E-state index contributed by atoms with van der Waals surface area (Å²) in [4.78, 5) is 0. The van der Waals surface area contributed by atoms with E-state index in [0.29, 0.717) is 26.4 Å². The third kappa shape index (κ3) is 4.86. The molecule has 0 spiro atoms. The van der Waals surface area contributed by atoms with E-state index in [9.17, 15) is 5.11 Å². The van der Waals surface area contributed by atoms with Crippen LogP contribution >= 0.6 is 0 Å². The Morgan fingerprint density at radius 2 is 1.82 bits per heavy atom. The van der Waals surface area contributed by atoms with Gasteiger partial charge in [0.25, 0.3) is 0 Å². The van der Waals surface area contributed by atoms with Crippen molar-refractivity contribution in [2.45, 2.75) is 26.9 Å². The van der Waals surface area contributed by atoms with Crippen LogP contribution in [-0.2, 0) is 9.47 Å². The van der Waals surface area contributed by atoms with E-state index in [-0.39, 0.29) is 0 Å². The highest BCUT2D eigenvalue weighted by molar-refractivity contribution is 5.31. The van der Waals surface area contributed by atoms with E-state index >= 15 is 0 Å². The van der Waals surface area contributed by atoms with Crippen LogP contribution in [0.5, 0.6) is 0 Å². The first-order valence-corrected chi connectivity index (χ1v) is 6.05. The van der Waals surface area contributed by atoms with Gasteiger partial charge in [0.1, 0.15) is 6.10 Å². The number of hydrogen-bond donors (Lipinski definition) is 1. The summed E-state index contributed by atoms with van der Waals surface area (Å²) in [5.41, 5.74) is 3.33. The van der Waals surface area contributed by atoms with Gasteiger partial charge < -0.3 is 14.6 Å². The molecule has 1 unspecified atom stereocenters. The predicted octanol–water partition coefficient (Wildman–Crippen LogP) is 2.39. The molecule has 1 aromatic carbocycles. The molecular weight excluding hydrogens is 216 g/mol. The summed E-state index contributed by atoms with van der Waals surface area (Å²) in [6.45, 7) is 8.17. The second-order valence-corrected chi connectivity index (χ2v) is 4.13. The van der Waals surface area contributed by atoms with Gasteiger partial charge in [-0.2, -0.15) is 0 Å². The Hall–Kier alpha value is -0.900. The summed E-state index contributed by atoms with van der Waals surface area (Å²) >= 11 is 0. The molecule has 0 saturated carbocycles. The van der Waals surface area contributed by atoms with Crippen molar-refractivity contribution in [1.82, 2.24) is 0 Å². The van der Waals surface area contributed by atoms with E-state index in [2.05, 4.69) is 6.92 Å². The Balaban J connectivity index is 2.36. The minimum Gasteiger partial charge on any atom is -0.386 e. The maximum Gasteiger partial charge on any atom is 0.102 e. The summed E-state index contributed by atoms with van der Waals surface area (Å²) in [5.74, 6) is 0. The SMILES string of the molecule is CCOCCOCC(O)c1ccc(C)c(C)c1. The van der Waals surface area contributed by atoms with Gasteiger partial charge >= 0.3 is 0 Å². The quantitative estimate of drug-likeness (QED) is 0.741. The molecule has 1 rings (SSSR count). The molecule has 0 aliphatic rings. The van der Waals surface area contributed by atoms with E-state index in [4.69, 9.17) is 9.47 Å². The number of benzene rings is 1. The average molecular weight is 238 g/mol. The maximum absolute atomic E-state index is 9.93. The van der Waals surface area contributed by atoms with Gasteiger partial charge in [-0.25, -0.2) is 0 Å². The summed E-state index contributed by atoms with van der Waals surface area (Å²) in [6.07, 6.45) is -0.559. The molecule has 0 aromatic heterocycles. The molecule has 1 atom stereocenters. The Kier molecular flexibility index (Phi) is 6.19. The van der Waals surface area contributed by atoms with Crippen LogP contribution in [0, 0.1) is 13.8 Å². The van der Waals surface area contributed by atoms with Crippen molar-refractivity contribution in [3.05, 3.63) is 34.9 Å². The van der Waals surface area contributed by atoms with Gasteiger partial charge in [-0.3, -0.25) is 0 Å². The standard InChI is InChI=1S/C14H22O3/c1-4-16-7-8-17-10-14(15)13-6-5-11(2)12(3)9-13/h5-6,9,14-15H,4,7-8,10H2,1-3H3. The lowest BCUT2D eigenvalue weighted by Gasteiger charge is -2.13. The number of aliphatic hydroxyl groups excluding tert-OH is 1. The van der Waals surface area contributed by atoms with Crippen LogP contribution < -0.4 is 0 Å². The fraction of sp³-hybridized carbons (Fsp3) is 0.571. The Morgan fingerprint density at radius 3 is 2.47 bits per heavy atom. The average Bonchev–Trinajstić information content (AvgIpc) is 2.32. The zero-order chi connectivity index (χ0) is 12.7. The molecule has 0 heterocycles. The van der Waals surface area contributed by atoms with Crippen molar-refractivity contribution in [3.63, 3.8) is 0 Å². The molecule has 0 bridgehead atoms. The molecule has 0 amide bonds. The topological polar surface area (TPSA) is 38.7 Å². The molecule has 0 aliphatic heterocycles. The molecule has 0 aliphatic carbocycles. The minimum atomic E-state index is -0.559. The van der Waals surface area contributed by atoms with Gasteiger partial charge in [0.05, 0.1) is 19.8 Å². The first-order chi connectivity index (χ1) is 8.15. The van der Waals surface area contributed by atoms with Crippen LogP contribution in [0.1, 0.15) is 29.7 Å². The van der Waals surface area contributed by atoms with Crippen molar-refractivity contribution in [2.24, 2.45) is 0 Å². The summed E-state index contributed by atoms with van der Waals surface area (Å²) in [7, 11) is 0. The molecule has 0 radical (unpaired) electrons. The van der Waals surface area contributed by atoms with Gasteiger partial charge in [0, 0.05) is 6.61 Å². The van der Waals surface area contributed by atoms with Crippen LogP contribution in [-0.4, -0.2) is 31.5 Å². The highest BCUT2D eigenvalue weighted by Crippen LogP contribution is 2.17. The smallest absolute Gasteiger partial charge is 0.102 e. The lowest BCUT2D eigenvalue weighted by atomic mass is 10.0. The third-order valence-electron chi connectivity index (χ3n) is 2.77. The number of ether oxygens (including phenoxy) is 2. The number of aryl methyl sites for hydroxylation is 2. The third-order valence-corrected chi connectivity index (χ3v) is 2.77. The lowest BCUT2D eigenvalue weighted by Crippen LogP contribution is -2.11. The Labute approximate surface area is 103 Å². The van der Waals surface area contributed by atoms with E-state index in [1.54, 1.807) is 0 Å². The van der Waals surface area contributed by atoms with Crippen molar-refractivity contribution in [2.75, 3.05) is 26.4 Å². The molecule has 96 valence electrons. The molecule has 1 aromatic rings. The highest BCUT2D eigenvalue weighted by Gasteiger charge is 2.08. The second kappa shape index (κ2) is 7.43. The lowest BCUT2D eigenvalue weighted by molar-refractivity contribution is 0.00529. The van der Waals surface area contributed by atoms with Crippen LogP contribution in [0.3, 0.4) is 0 Å². The predicted molar refractivity (Wildman–Crippen MR) is 68.2 cm³/mol. The van der Waals surface area contributed by atoms with E-state index in [1.807, 2.05) is 32.0 Å². The largest absolute Gasteiger partial charge is 0.386 e. The first-order valence-electron chi connectivity index (χ1n) is 6.05. The summed E-state index contributed by atoms with van der Waals surface area (Å²) < 4.78 is 10.5. The maximum atomic E-state index is 9.93. The van der Waals surface area contributed by atoms with Crippen LogP contribution in [0.25, 0.3) is 0 Å². The zero-order valence-corrected chi connectivity index (χ0v) is 10.9. The molecule has 17 heavy (non-hydrogen) atoms. The van der Waals surface area contributed by atoms with Crippen LogP contribution in [0.2, 0.25) is 0 Å². The molecule has 0 fully saturated rings.